The summed E-state index contributed by atoms with van der Waals surface area (Å²) >= 11 is 0.943. The average molecular weight is 350 g/mol. The van der Waals surface area contributed by atoms with Crippen molar-refractivity contribution in [1.29, 1.82) is 0 Å². The smallest absolute Gasteiger partial charge is 0.288 e. The van der Waals surface area contributed by atoms with Crippen molar-refractivity contribution in [1.82, 2.24) is 15.2 Å². The van der Waals surface area contributed by atoms with Crippen LogP contribution in [-0.2, 0) is 14.4 Å². The first-order chi connectivity index (χ1) is 11.6. The van der Waals surface area contributed by atoms with Gasteiger partial charge in [0.25, 0.3) is 11.1 Å². The summed E-state index contributed by atoms with van der Waals surface area (Å²) in [5.74, 6) is -0.162. The fourth-order valence-electron chi connectivity index (χ4n) is 2.30. The van der Waals surface area contributed by atoms with E-state index in [1.807, 2.05) is 0 Å². The van der Waals surface area contributed by atoms with Crippen LogP contribution in [0.3, 0.4) is 0 Å². The second kappa shape index (κ2) is 6.87. The van der Waals surface area contributed by atoms with Crippen LogP contribution in [0.5, 0.6) is 5.75 Å². The maximum absolute atomic E-state index is 12.0. The zero-order chi connectivity index (χ0) is 17.1. The van der Waals surface area contributed by atoms with E-state index in [0.717, 1.165) is 16.7 Å². The predicted octanol–water partition coefficient (Wildman–Crippen LogP) is -0.381. The summed E-state index contributed by atoms with van der Waals surface area (Å²) in [4.78, 5) is 53.3. The van der Waals surface area contributed by atoms with E-state index in [1.54, 1.807) is 12.1 Å². The van der Waals surface area contributed by atoms with Gasteiger partial charge in [0.15, 0.2) is 18.2 Å². The van der Waals surface area contributed by atoms with Crippen LogP contribution >= 0.6 is 11.8 Å². The van der Waals surface area contributed by atoms with Gasteiger partial charge in [0.05, 0.1) is 5.75 Å². The Morgan fingerprint density at radius 2 is 2.12 bits per heavy atom. The molecule has 1 saturated heterocycles. The fourth-order valence-corrected chi connectivity index (χ4v) is 3.05. The molecule has 1 fully saturated rings. The van der Waals surface area contributed by atoms with Crippen LogP contribution in [0.4, 0.5) is 10.6 Å². The maximum atomic E-state index is 12.0. The molecule has 126 valence electrons. The number of anilines is 1. The number of hydrogen-bond acceptors (Lipinski definition) is 7. The third-order valence-electron chi connectivity index (χ3n) is 3.46. The molecule has 0 saturated carbocycles. The fraction of sp³-hybridized carbons (Fsp3) is 0.357. The van der Waals surface area contributed by atoms with E-state index in [1.165, 1.54) is 11.1 Å². The van der Waals surface area contributed by atoms with E-state index >= 15 is 0 Å². The number of thioether (sulfide) groups is 1. The van der Waals surface area contributed by atoms with Crippen LogP contribution in [0.15, 0.2) is 18.3 Å². The first-order valence-corrected chi connectivity index (χ1v) is 8.17. The van der Waals surface area contributed by atoms with Gasteiger partial charge >= 0.3 is 0 Å². The highest BCUT2D eigenvalue weighted by atomic mass is 32.2. The lowest BCUT2D eigenvalue weighted by Crippen LogP contribution is -2.46. The van der Waals surface area contributed by atoms with E-state index in [0.29, 0.717) is 11.6 Å². The number of carbonyl (C=O) groups excluding carboxylic acids is 4. The summed E-state index contributed by atoms with van der Waals surface area (Å²) in [6.07, 6.45) is 1.51. The van der Waals surface area contributed by atoms with Crippen LogP contribution in [0.1, 0.15) is 0 Å². The number of imide groups is 1. The van der Waals surface area contributed by atoms with Gasteiger partial charge < -0.3 is 10.1 Å². The number of rotatable bonds is 5. The summed E-state index contributed by atoms with van der Waals surface area (Å²) in [6, 6.07) is 3.34. The Kier molecular flexibility index (Phi) is 4.65. The number of nitrogens with zero attached hydrogens (tertiary/aromatic N) is 3. The molecule has 0 atom stereocenters. The Labute approximate surface area is 141 Å². The van der Waals surface area contributed by atoms with Crippen molar-refractivity contribution >= 4 is 40.5 Å². The molecule has 9 nitrogen and oxygen atoms in total. The highest BCUT2D eigenvalue weighted by Crippen LogP contribution is 2.28. The minimum absolute atomic E-state index is 0.113. The quantitative estimate of drug-likeness (QED) is 0.771. The molecule has 2 aliphatic heterocycles. The molecule has 0 unspecified atom stereocenters. The summed E-state index contributed by atoms with van der Waals surface area (Å²) < 4.78 is 5.25. The molecular formula is C14H14N4O5S. The molecule has 1 N–H and O–H groups in total. The Bertz CT molecular complexity index is 694. The molecule has 10 heteroatoms. The number of fused-ring (bicyclic) bond motifs is 1. The van der Waals surface area contributed by atoms with E-state index in [4.69, 9.17) is 4.74 Å². The molecule has 3 rings (SSSR count). The first-order valence-electron chi connectivity index (χ1n) is 7.18. The Hall–Kier alpha value is -2.62. The van der Waals surface area contributed by atoms with Gasteiger partial charge in [-0.1, -0.05) is 11.8 Å². The van der Waals surface area contributed by atoms with Gasteiger partial charge in [-0.15, -0.1) is 0 Å². The number of carbonyl (C=O) groups is 4. The number of nitrogens with one attached hydrogen (secondary N) is 1. The lowest BCUT2D eigenvalue weighted by molar-refractivity contribution is -0.126. The lowest BCUT2D eigenvalue weighted by Gasteiger charge is -2.27. The van der Waals surface area contributed by atoms with Gasteiger partial charge in [-0.25, -0.2) is 4.98 Å². The second-order valence-electron chi connectivity index (χ2n) is 5.04. The molecule has 0 spiro atoms. The highest BCUT2D eigenvalue weighted by molar-refractivity contribution is 8.14. The molecule has 0 aliphatic carbocycles. The van der Waals surface area contributed by atoms with Crippen LogP contribution < -0.4 is 15.0 Å². The molecule has 0 aromatic carbocycles. The van der Waals surface area contributed by atoms with Crippen molar-refractivity contribution in [3.63, 3.8) is 0 Å². The van der Waals surface area contributed by atoms with E-state index in [2.05, 4.69) is 10.3 Å². The van der Waals surface area contributed by atoms with Gasteiger partial charge in [0.2, 0.25) is 11.8 Å². The van der Waals surface area contributed by atoms with Crippen molar-refractivity contribution in [2.75, 3.05) is 36.9 Å². The van der Waals surface area contributed by atoms with E-state index < -0.39 is 5.91 Å². The average Bonchev–Trinajstić information content (AvgIpc) is 2.89. The van der Waals surface area contributed by atoms with Crippen molar-refractivity contribution in [2.24, 2.45) is 0 Å². The third kappa shape index (κ3) is 3.32. The highest BCUT2D eigenvalue weighted by Gasteiger charge is 2.30. The largest absolute Gasteiger partial charge is 0.480 e. The SMILES string of the molecule is O=C(CN1C(=O)COc2cccnc21)NCCN1C(=O)CSC1=O. The second-order valence-corrected chi connectivity index (χ2v) is 5.97. The maximum Gasteiger partial charge on any atom is 0.288 e. The van der Waals surface area contributed by atoms with Crippen molar-refractivity contribution in [3.05, 3.63) is 18.3 Å². The number of aromatic nitrogens is 1. The van der Waals surface area contributed by atoms with Crippen molar-refractivity contribution in [2.45, 2.75) is 0 Å². The molecule has 1 aromatic rings. The minimum Gasteiger partial charge on any atom is -0.480 e. The Morgan fingerprint density at radius 3 is 2.88 bits per heavy atom. The monoisotopic (exact) mass is 350 g/mol. The molecule has 1 aromatic heterocycles. The zero-order valence-corrected chi connectivity index (χ0v) is 13.4. The number of pyridine rings is 1. The summed E-state index contributed by atoms with van der Waals surface area (Å²) in [7, 11) is 0. The predicted molar refractivity (Wildman–Crippen MR) is 84.7 cm³/mol. The van der Waals surface area contributed by atoms with Crippen molar-refractivity contribution < 1.29 is 23.9 Å². The van der Waals surface area contributed by atoms with Gasteiger partial charge in [0.1, 0.15) is 6.54 Å². The number of hydrogen-bond donors (Lipinski definition) is 1. The molecule has 0 radical (unpaired) electrons. The standard InChI is InChI=1S/C14H14N4O5S/c19-10(15-4-5-17-12(21)8-24-14(17)22)6-18-11(20)7-23-9-2-1-3-16-13(9)18/h1-3H,4-8H2,(H,15,19). The molecule has 4 amide bonds. The first kappa shape index (κ1) is 16.2. The third-order valence-corrected chi connectivity index (χ3v) is 4.32. The van der Waals surface area contributed by atoms with E-state index in [-0.39, 0.29) is 49.0 Å². The topological polar surface area (TPSA) is 109 Å². The summed E-state index contributed by atoms with van der Waals surface area (Å²) in [5.41, 5.74) is 0. The van der Waals surface area contributed by atoms with Crippen molar-refractivity contribution in [3.8, 4) is 5.75 Å². The molecule has 3 heterocycles. The van der Waals surface area contributed by atoms with Gasteiger partial charge in [0, 0.05) is 19.3 Å². The van der Waals surface area contributed by atoms with Gasteiger partial charge in [-0.2, -0.15) is 0 Å². The molecule has 0 bridgehead atoms. The number of amides is 4. The molecule has 2 aliphatic rings. The van der Waals surface area contributed by atoms with Crippen LogP contribution in [-0.4, -0.2) is 64.8 Å². The van der Waals surface area contributed by atoms with Crippen LogP contribution in [0.2, 0.25) is 0 Å². The number of ether oxygens (including phenoxy) is 1. The van der Waals surface area contributed by atoms with Crippen LogP contribution in [0.25, 0.3) is 0 Å². The van der Waals surface area contributed by atoms with Gasteiger partial charge in [-0.05, 0) is 12.1 Å². The van der Waals surface area contributed by atoms with Crippen LogP contribution in [0, 0.1) is 0 Å². The lowest BCUT2D eigenvalue weighted by atomic mass is 10.3. The zero-order valence-electron chi connectivity index (χ0n) is 12.6. The summed E-state index contributed by atoms with van der Waals surface area (Å²) in [5, 5.41) is 2.28. The Morgan fingerprint density at radius 1 is 1.29 bits per heavy atom. The summed E-state index contributed by atoms with van der Waals surface area (Å²) in [6.45, 7) is -0.115. The normalized spacial score (nSPS) is 16.9. The minimum atomic E-state index is -0.409. The van der Waals surface area contributed by atoms with E-state index in [9.17, 15) is 19.2 Å². The molecule has 24 heavy (non-hydrogen) atoms. The Balaban J connectivity index is 1.54. The molecular weight excluding hydrogens is 336 g/mol. The van der Waals surface area contributed by atoms with Gasteiger partial charge in [-0.3, -0.25) is 29.0 Å².